The van der Waals surface area contributed by atoms with E-state index < -0.39 is 4.92 Å². The molecule has 0 aliphatic rings. The smallest absolute Gasteiger partial charge is 0.269 e. The minimum absolute atomic E-state index is 0.0543. The van der Waals surface area contributed by atoms with Gasteiger partial charge in [-0.1, -0.05) is 42.5 Å². The third kappa shape index (κ3) is 5.29. The summed E-state index contributed by atoms with van der Waals surface area (Å²) >= 11 is 0. The number of ketones is 1. The number of allylic oxidation sites excluding steroid dienone is 1. The largest absolute Gasteiger partial charge is 0.493 e. The Morgan fingerprint density at radius 2 is 1.72 bits per heavy atom. The van der Waals surface area contributed by atoms with Gasteiger partial charge >= 0.3 is 0 Å². The molecule has 29 heavy (non-hydrogen) atoms. The highest BCUT2D eigenvalue weighted by Gasteiger charge is 2.08. The van der Waals surface area contributed by atoms with Crippen molar-refractivity contribution in [1.29, 1.82) is 0 Å². The van der Waals surface area contributed by atoms with Crippen LogP contribution >= 0.6 is 0 Å². The van der Waals surface area contributed by atoms with Crippen molar-refractivity contribution in [3.63, 3.8) is 0 Å². The summed E-state index contributed by atoms with van der Waals surface area (Å²) < 4.78 is 11.2. The van der Waals surface area contributed by atoms with Crippen LogP contribution in [0.3, 0.4) is 0 Å². The van der Waals surface area contributed by atoms with Crippen molar-refractivity contribution in [2.24, 2.45) is 0 Å². The minimum atomic E-state index is -0.502. The van der Waals surface area contributed by atoms with Crippen LogP contribution in [0.15, 0.2) is 78.9 Å². The number of non-ortho nitro benzene ring substituents is 1. The Balaban J connectivity index is 1.68. The first-order chi connectivity index (χ1) is 14.1. The van der Waals surface area contributed by atoms with Crippen LogP contribution in [0.25, 0.3) is 6.08 Å². The number of rotatable bonds is 8. The van der Waals surface area contributed by atoms with Crippen molar-refractivity contribution in [1.82, 2.24) is 0 Å². The molecule has 0 fully saturated rings. The third-order valence-corrected chi connectivity index (χ3v) is 4.21. The van der Waals surface area contributed by atoms with Gasteiger partial charge in [0.25, 0.3) is 5.69 Å². The number of hydrogen-bond donors (Lipinski definition) is 0. The molecule has 0 saturated heterocycles. The zero-order chi connectivity index (χ0) is 20.6. The summed E-state index contributed by atoms with van der Waals surface area (Å²) in [7, 11) is 1.56. The Morgan fingerprint density at radius 1 is 1.00 bits per heavy atom. The fourth-order valence-electron chi connectivity index (χ4n) is 2.66. The van der Waals surface area contributed by atoms with Crippen molar-refractivity contribution in [2.75, 3.05) is 7.11 Å². The first-order valence-corrected chi connectivity index (χ1v) is 8.88. The van der Waals surface area contributed by atoms with Crippen molar-refractivity contribution < 1.29 is 19.2 Å². The molecule has 0 aromatic heterocycles. The van der Waals surface area contributed by atoms with Gasteiger partial charge in [0.15, 0.2) is 17.3 Å². The standard InChI is InChI=1S/C23H19NO5/c1-28-23-15-17(8-14-22(23)29-16-18-5-3-2-4-6-18)7-13-21(25)19-9-11-20(12-10-19)24(26)27/h2-15H,16H2,1H3/b13-7+. The molecule has 0 bridgehead atoms. The van der Waals surface area contributed by atoms with Gasteiger partial charge in [-0.3, -0.25) is 14.9 Å². The predicted octanol–water partition coefficient (Wildman–Crippen LogP) is 5.08. The normalized spacial score (nSPS) is 10.7. The number of methoxy groups -OCH3 is 1. The van der Waals surface area contributed by atoms with E-state index in [1.165, 1.54) is 30.3 Å². The molecule has 3 aromatic carbocycles. The lowest BCUT2D eigenvalue weighted by Crippen LogP contribution is -1.98. The predicted molar refractivity (Wildman–Crippen MR) is 110 cm³/mol. The van der Waals surface area contributed by atoms with E-state index in [0.717, 1.165) is 11.1 Å². The highest BCUT2D eigenvalue weighted by molar-refractivity contribution is 6.06. The minimum Gasteiger partial charge on any atom is -0.493 e. The van der Waals surface area contributed by atoms with E-state index in [0.29, 0.717) is 23.7 Å². The van der Waals surface area contributed by atoms with Gasteiger partial charge in [-0.05, 0) is 41.5 Å². The second-order valence-electron chi connectivity index (χ2n) is 6.19. The molecule has 6 nitrogen and oxygen atoms in total. The fraction of sp³-hybridized carbons (Fsp3) is 0.0870. The van der Waals surface area contributed by atoms with Crippen LogP contribution in [0.4, 0.5) is 5.69 Å². The highest BCUT2D eigenvalue weighted by Crippen LogP contribution is 2.29. The van der Waals surface area contributed by atoms with Crippen molar-refractivity contribution in [3.05, 3.63) is 106 Å². The Labute approximate surface area is 168 Å². The molecule has 3 rings (SSSR count). The van der Waals surface area contributed by atoms with E-state index >= 15 is 0 Å². The van der Waals surface area contributed by atoms with Gasteiger partial charge in [0.2, 0.25) is 0 Å². The van der Waals surface area contributed by atoms with Gasteiger partial charge in [-0.25, -0.2) is 0 Å². The summed E-state index contributed by atoms with van der Waals surface area (Å²) in [6.45, 7) is 0.422. The molecule has 0 atom stereocenters. The first kappa shape index (κ1) is 19.8. The molecule has 0 amide bonds. The number of benzene rings is 3. The van der Waals surface area contributed by atoms with Crippen LogP contribution in [-0.4, -0.2) is 17.8 Å². The lowest BCUT2D eigenvalue weighted by atomic mass is 10.1. The Morgan fingerprint density at radius 3 is 2.38 bits per heavy atom. The number of carbonyl (C=O) groups excluding carboxylic acids is 1. The molecule has 0 radical (unpaired) electrons. The van der Waals surface area contributed by atoms with Crippen molar-refractivity contribution in [2.45, 2.75) is 6.61 Å². The molecule has 0 aliphatic heterocycles. The molecular formula is C23H19NO5. The molecule has 6 heteroatoms. The summed E-state index contributed by atoms with van der Waals surface area (Å²) in [6, 6.07) is 20.7. The quantitative estimate of drug-likeness (QED) is 0.232. The lowest BCUT2D eigenvalue weighted by Gasteiger charge is -2.11. The van der Waals surface area contributed by atoms with Crippen LogP contribution in [0, 0.1) is 10.1 Å². The van der Waals surface area contributed by atoms with Gasteiger partial charge < -0.3 is 9.47 Å². The van der Waals surface area contributed by atoms with E-state index in [4.69, 9.17) is 9.47 Å². The monoisotopic (exact) mass is 389 g/mol. The second-order valence-corrected chi connectivity index (χ2v) is 6.19. The topological polar surface area (TPSA) is 78.7 Å². The third-order valence-electron chi connectivity index (χ3n) is 4.21. The van der Waals surface area contributed by atoms with E-state index in [9.17, 15) is 14.9 Å². The molecule has 0 aliphatic carbocycles. The van der Waals surface area contributed by atoms with E-state index in [1.54, 1.807) is 25.3 Å². The molecule has 3 aromatic rings. The maximum atomic E-state index is 12.3. The summed E-state index contributed by atoms with van der Waals surface area (Å²) in [6.07, 6.45) is 3.08. The SMILES string of the molecule is COc1cc(/C=C/C(=O)c2ccc([N+](=O)[O-])cc2)ccc1OCc1ccccc1. The Bertz CT molecular complexity index is 1030. The lowest BCUT2D eigenvalue weighted by molar-refractivity contribution is -0.384. The number of ether oxygens (including phenoxy) is 2. The average molecular weight is 389 g/mol. The van der Waals surface area contributed by atoms with E-state index in [1.807, 2.05) is 36.4 Å². The fourth-order valence-corrected chi connectivity index (χ4v) is 2.66. The number of nitro groups is 1. The van der Waals surface area contributed by atoms with Crippen LogP contribution in [0.2, 0.25) is 0 Å². The maximum absolute atomic E-state index is 12.3. The van der Waals surface area contributed by atoms with Crippen LogP contribution in [0.1, 0.15) is 21.5 Å². The Kier molecular flexibility index (Phi) is 6.37. The summed E-state index contributed by atoms with van der Waals surface area (Å²) in [4.78, 5) is 22.5. The number of hydrogen-bond acceptors (Lipinski definition) is 5. The highest BCUT2D eigenvalue weighted by atomic mass is 16.6. The molecule has 0 N–H and O–H groups in total. The van der Waals surface area contributed by atoms with Gasteiger partial charge in [-0.15, -0.1) is 0 Å². The van der Waals surface area contributed by atoms with Crippen LogP contribution in [-0.2, 0) is 6.61 Å². The van der Waals surface area contributed by atoms with Crippen LogP contribution < -0.4 is 9.47 Å². The van der Waals surface area contributed by atoms with Crippen LogP contribution in [0.5, 0.6) is 11.5 Å². The van der Waals surface area contributed by atoms with E-state index in [-0.39, 0.29) is 11.5 Å². The molecular weight excluding hydrogens is 370 g/mol. The zero-order valence-corrected chi connectivity index (χ0v) is 15.8. The molecule has 0 saturated carbocycles. The second kappa shape index (κ2) is 9.32. The molecule has 146 valence electrons. The summed E-state index contributed by atoms with van der Waals surface area (Å²) in [5, 5.41) is 10.7. The molecule has 0 unspecified atom stereocenters. The maximum Gasteiger partial charge on any atom is 0.269 e. The number of nitro benzene ring substituents is 1. The number of nitrogens with zero attached hydrogens (tertiary/aromatic N) is 1. The van der Waals surface area contributed by atoms with Gasteiger partial charge in [-0.2, -0.15) is 0 Å². The summed E-state index contributed by atoms with van der Waals surface area (Å²) in [5.74, 6) is 0.921. The van der Waals surface area contributed by atoms with Gasteiger partial charge in [0, 0.05) is 17.7 Å². The van der Waals surface area contributed by atoms with E-state index in [2.05, 4.69) is 0 Å². The van der Waals surface area contributed by atoms with Crippen molar-refractivity contribution in [3.8, 4) is 11.5 Å². The van der Waals surface area contributed by atoms with Gasteiger partial charge in [0.1, 0.15) is 6.61 Å². The number of carbonyl (C=O) groups is 1. The molecule has 0 spiro atoms. The van der Waals surface area contributed by atoms with Gasteiger partial charge in [0.05, 0.1) is 12.0 Å². The average Bonchev–Trinajstić information content (AvgIpc) is 2.77. The summed E-state index contributed by atoms with van der Waals surface area (Å²) in [5.41, 5.74) is 2.14. The Hall–Kier alpha value is -3.93. The zero-order valence-electron chi connectivity index (χ0n) is 15.8. The molecule has 0 heterocycles. The van der Waals surface area contributed by atoms with Crippen molar-refractivity contribution >= 4 is 17.5 Å². The first-order valence-electron chi connectivity index (χ1n) is 8.88.